The summed E-state index contributed by atoms with van der Waals surface area (Å²) >= 11 is 0. The van der Waals surface area contributed by atoms with Gasteiger partial charge in [0.25, 0.3) is 0 Å². The lowest BCUT2D eigenvalue weighted by Gasteiger charge is -2.11. The number of hydrogen-bond acceptors (Lipinski definition) is 6. The number of pyridine rings is 1. The highest BCUT2D eigenvalue weighted by molar-refractivity contribution is 5.84. The predicted molar refractivity (Wildman–Crippen MR) is 83.0 cm³/mol. The smallest absolute Gasteiger partial charge is 0.240 e. The van der Waals surface area contributed by atoms with E-state index in [2.05, 4.69) is 19.9 Å². The fourth-order valence-electron chi connectivity index (χ4n) is 2.62. The average molecular weight is 299 g/mol. The second-order valence-electron chi connectivity index (χ2n) is 5.17. The molecule has 3 aromatic heterocycles. The molecule has 0 aliphatic rings. The van der Waals surface area contributed by atoms with Crippen LogP contribution in [0.4, 0.5) is 5.95 Å². The van der Waals surface area contributed by atoms with Crippen LogP contribution in [0.1, 0.15) is 22.4 Å². The molecular formula is C15H17N5O2. The van der Waals surface area contributed by atoms with Crippen LogP contribution in [0.2, 0.25) is 0 Å². The van der Waals surface area contributed by atoms with Crippen LogP contribution in [0.15, 0.2) is 12.4 Å². The van der Waals surface area contributed by atoms with Gasteiger partial charge in [0.1, 0.15) is 16.8 Å². The molecule has 0 aliphatic heterocycles. The highest BCUT2D eigenvalue weighted by Gasteiger charge is 2.15. The summed E-state index contributed by atoms with van der Waals surface area (Å²) in [7, 11) is 1.65. The number of nitrogens with two attached hydrogens (primary N) is 1. The Hall–Kier alpha value is -2.83. The Morgan fingerprint density at radius 3 is 2.82 bits per heavy atom. The van der Waals surface area contributed by atoms with Crippen molar-refractivity contribution in [3.63, 3.8) is 0 Å². The van der Waals surface area contributed by atoms with Gasteiger partial charge in [-0.3, -0.25) is 4.98 Å². The third kappa shape index (κ3) is 2.20. The van der Waals surface area contributed by atoms with Crippen LogP contribution in [0.25, 0.3) is 11.0 Å². The molecule has 0 aromatic carbocycles. The maximum atomic E-state index is 9.81. The Morgan fingerprint density at radius 2 is 2.09 bits per heavy atom. The highest BCUT2D eigenvalue weighted by atomic mass is 16.5. The minimum atomic E-state index is -0.153. The van der Waals surface area contributed by atoms with Gasteiger partial charge in [-0.15, -0.1) is 0 Å². The number of H-pyrrole nitrogens is 1. The van der Waals surface area contributed by atoms with E-state index >= 15 is 0 Å². The molecule has 0 radical (unpaired) electrons. The molecule has 3 rings (SSSR count). The first-order chi connectivity index (χ1) is 10.5. The number of nitrogen functional groups attached to an aromatic ring is 1. The van der Waals surface area contributed by atoms with Crippen molar-refractivity contribution in [1.29, 1.82) is 0 Å². The first-order valence-electron chi connectivity index (χ1n) is 6.82. The number of anilines is 1. The lowest BCUT2D eigenvalue weighted by atomic mass is 10.0. The molecular weight excluding hydrogens is 282 g/mol. The van der Waals surface area contributed by atoms with Gasteiger partial charge in [-0.2, -0.15) is 4.98 Å². The number of nitrogens with zero attached hydrogens (tertiary/aromatic N) is 3. The topological polar surface area (TPSA) is 110 Å². The number of rotatable bonds is 3. The molecule has 7 nitrogen and oxygen atoms in total. The van der Waals surface area contributed by atoms with Crippen molar-refractivity contribution >= 4 is 17.0 Å². The van der Waals surface area contributed by atoms with E-state index in [1.807, 2.05) is 13.8 Å². The molecule has 0 atom stereocenters. The minimum absolute atomic E-state index is 0.0389. The van der Waals surface area contributed by atoms with Gasteiger partial charge in [0.05, 0.1) is 12.8 Å². The fraction of sp³-hybridized carbons (Fsp3) is 0.267. The summed E-state index contributed by atoms with van der Waals surface area (Å²) in [6, 6.07) is 0. The SMILES string of the molecule is COc1c(C)cnc(Cc2c[nH]c3c(O)nc(N)nc23)c1C. The lowest BCUT2D eigenvalue weighted by molar-refractivity contribution is 0.407. The van der Waals surface area contributed by atoms with Crippen LogP contribution >= 0.6 is 0 Å². The third-order valence-corrected chi connectivity index (χ3v) is 3.71. The standard InChI is InChI=1S/C15H17N5O2/c1-7-5-17-10(8(2)13(7)22-3)4-9-6-18-12-11(9)19-15(16)20-14(12)21/h5-6,18H,4H2,1-3H3,(H3,16,19,20,21). The van der Waals surface area contributed by atoms with Gasteiger partial charge in [0.15, 0.2) is 0 Å². The van der Waals surface area contributed by atoms with E-state index in [1.54, 1.807) is 19.5 Å². The van der Waals surface area contributed by atoms with E-state index < -0.39 is 0 Å². The Bertz CT molecular complexity index is 857. The molecule has 0 saturated heterocycles. The molecule has 0 saturated carbocycles. The van der Waals surface area contributed by atoms with Crippen LogP contribution in [-0.2, 0) is 6.42 Å². The van der Waals surface area contributed by atoms with Crippen molar-refractivity contribution < 1.29 is 9.84 Å². The number of aromatic hydroxyl groups is 1. The number of ether oxygens (including phenoxy) is 1. The zero-order valence-electron chi connectivity index (χ0n) is 12.6. The van der Waals surface area contributed by atoms with Gasteiger partial charge in [-0.25, -0.2) is 4.98 Å². The van der Waals surface area contributed by atoms with Crippen molar-refractivity contribution in [3.05, 3.63) is 34.8 Å². The summed E-state index contributed by atoms with van der Waals surface area (Å²) in [5.41, 5.74) is 10.4. The van der Waals surface area contributed by atoms with Gasteiger partial charge < -0.3 is 20.6 Å². The number of methoxy groups -OCH3 is 1. The van der Waals surface area contributed by atoms with Gasteiger partial charge in [-0.1, -0.05) is 0 Å². The molecule has 0 spiro atoms. The van der Waals surface area contributed by atoms with Crippen LogP contribution < -0.4 is 10.5 Å². The molecule has 0 aliphatic carbocycles. The van der Waals surface area contributed by atoms with Crippen LogP contribution in [-0.4, -0.2) is 32.2 Å². The monoisotopic (exact) mass is 299 g/mol. The largest absolute Gasteiger partial charge is 0.496 e. The zero-order valence-corrected chi connectivity index (χ0v) is 12.6. The summed E-state index contributed by atoms with van der Waals surface area (Å²) in [5.74, 6) is 0.721. The average Bonchev–Trinajstić information content (AvgIpc) is 2.86. The number of aromatic nitrogens is 4. The summed E-state index contributed by atoms with van der Waals surface area (Å²) in [5, 5.41) is 9.81. The Kier molecular flexibility index (Phi) is 3.32. The molecule has 0 amide bonds. The first kappa shape index (κ1) is 14.1. The third-order valence-electron chi connectivity index (χ3n) is 3.71. The molecule has 22 heavy (non-hydrogen) atoms. The summed E-state index contributed by atoms with van der Waals surface area (Å²) in [4.78, 5) is 15.4. The van der Waals surface area contributed by atoms with Crippen molar-refractivity contribution in [2.24, 2.45) is 0 Å². The molecule has 7 heteroatoms. The quantitative estimate of drug-likeness (QED) is 0.681. The Morgan fingerprint density at radius 1 is 1.32 bits per heavy atom. The summed E-state index contributed by atoms with van der Waals surface area (Å²) < 4.78 is 5.43. The van der Waals surface area contributed by atoms with Crippen LogP contribution in [0.3, 0.4) is 0 Å². The number of fused-ring (bicyclic) bond motifs is 1. The molecule has 0 fully saturated rings. The summed E-state index contributed by atoms with van der Waals surface area (Å²) in [6.45, 7) is 3.93. The van der Waals surface area contributed by atoms with E-state index in [9.17, 15) is 5.11 Å². The van der Waals surface area contributed by atoms with Crippen molar-refractivity contribution in [3.8, 4) is 11.6 Å². The number of nitrogens with one attached hydrogen (secondary N) is 1. The van der Waals surface area contributed by atoms with Crippen LogP contribution in [0, 0.1) is 13.8 Å². The van der Waals surface area contributed by atoms with E-state index in [-0.39, 0.29) is 11.8 Å². The summed E-state index contributed by atoms with van der Waals surface area (Å²) in [6.07, 6.45) is 4.13. The fourth-order valence-corrected chi connectivity index (χ4v) is 2.62. The maximum absolute atomic E-state index is 9.81. The van der Waals surface area contributed by atoms with Crippen LogP contribution in [0.5, 0.6) is 11.6 Å². The minimum Gasteiger partial charge on any atom is -0.496 e. The van der Waals surface area contributed by atoms with E-state index in [4.69, 9.17) is 10.5 Å². The number of aromatic amines is 1. The zero-order chi connectivity index (χ0) is 15.9. The lowest BCUT2D eigenvalue weighted by Crippen LogP contribution is -2.01. The molecule has 114 valence electrons. The second-order valence-corrected chi connectivity index (χ2v) is 5.17. The van der Waals surface area contributed by atoms with Crippen molar-refractivity contribution in [1.82, 2.24) is 19.9 Å². The first-order valence-corrected chi connectivity index (χ1v) is 6.82. The maximum Gasteiger partial charge on any atom is 0.240 e. The van der Waals surface area contributed by atoms with Gasteiger partial charge >= 0.3 is 0 Å². The Labute approximate surface area is 127 Å². The van der Waals surface area contributed by atoms with Crippen molar-refractivity contribution in [2.45, 2.75) is 20.3 Å². The molecule has 3 aromatic rings. The normalized spacial score (nSPS) is 11.0. The highest BCUT2D eigenvalue weighted by Crippen LogP contribution is 2.29. The predicted octanol–water partition coefficient (Wildman–Crippen LogP) is 1.86. The van der Waals surface area contributed by atoms with E-state index in [0.29, 0.717) is 17.5 Å². The van der Waals surface area contributed by atoms with Crippen molar-refractivity contribution in [2.75, 3.05) is 12.8 Å². The Balaban J connectivity index is 2.08. The second kappa shape index (κ2) is 5.18. The van der Waals surface area contributed by atoms with E-state index in [1.165, 1.54) is 0 Å². The van der Waals surface area contributed by atoms with E-state index in [0.717, 1.165) is 28.1 Å². The molecule has 3 heterocycles. The number of aryl methyl sites for hydroxylation is 1. The number of hydrogen-bond donors (Lipinski definition) is 3. The molecule has 4 N–H and O–H groups in total. The molecule has 0 bridgehead atoms. The van der Waals surface area contributed by atoms with Gasteiger partial charge in [-0.05, 0) is 13.8 Å². The van der Waals surface area contributed by atoms with Gasteiger partial charge in [0, 0.05) is 35.5 Å². The van der Waals surface area contributed by atoms with Gasteiger partial charge in [0.2, 0.25) is 11.8 Å². The molecule has 0 unspecified atom stereocenters.